The van der Waals surface area contributed by atoms with Crippen LogP contribution in [0.1, 0.15) is 12.8 Å². The number of amides is 1. The van der Waals surface area contributed by atoms with Crippen molar-refractivity contribution in [1.82, 2.24) is 5.32 Å². The summed E-state index contributed by atoms with van der Waals surface area (Å²) in [7, 11) is 1.85. The highest BCUT2D eigenvalue weighted by atomic mass is 35.5. The molecule has 88 valence electrons. The first-order valence-corrected chi connectivity index (χ1v) is 5.79. The molecule has 1 rings (SSSR count). The number of carbonyl (C=O) groups is 1. The summed E-state index contributed by atoms with van der Waals surface area (Å²) in [6, 6.07) is 5.15. The second kappa shape index (κ2) is 6.74. The average molecular weight is 261 g/mol. The van der Waals surface area contributed by atoms with Crippen LogP contribution in [-0.4, -0.2) is 19.5 Å². The molecule has 0 aliphatic rings. The van der Waals surface area contributed by atoms with Crippen molar-refractivity contribution in [2.24, 2.45) is 0 Å². The largest absolute Gasteiger partial charge is 0.325 e. The van der Waals surface area contributed by atoms with Gasteiger partial charge in [-0.15, -0.1) is 0 Å². The molecular weight excluding hydrogens is 247 g/mol. The molecule has 1 aromatic rings. The summed E-state index contributed by atoms with van der Waals surface area (Å²) in [6.07, 6.45) is 1.25. The van der Waals surface area contributed by atoms with E-state index in [9.17, 15) is 4.79 Å². The van der Waals surface area contributed by atoms with Gasteiger partial charge >= 0.3 is 0 Å². The third-order valence-electron chi connectivity index (χ3n) is 2.06. The number of benzene rings is 1. The predicted octanol–water partition coefficient (Wildman–Crippen LogP) is 2.93. The highest BCUT2D eigenvalue weighted by Crippen LogP contribution is 2.29. The molecule has 5 heteroatoms. The normalized spacial score (nSPS) is 10.2. The Hall–Kier alpha value is -0.770. The van der Waals surface area contributed by atoms with Gasteiger partial charge in [-0.2, -0.15) is 0 Å². The molecule has 16 heavy (non-hydrogen) atoms. The van der Waals surface area contributed by atoms with Crippen LogP contribution in [0.3, 0.4) is 0 Å². The minimum absolute atomic E-state index is 0.0561. The zero-order chi connectivity index (χ0) is 12.0. The Labute approximate surface area is 105 Å². The van der Waals surface area contributed by atoms with Crippen molar-refractivity contribution in [1.29, 1.82) is 0 Å². The van der Waals surface area contributed by atoms with Gasteiger partial charge in [0.05, 0.1) is 15.7 Å². The predicted molar refractivity (Wildman–Crippen MR) is 68.3 cm³/mol. The molecule has 0 aliphatic heterocycles. The molecule has 3 nitrogen and oxygen atoms in total. The van der Waals surface area contributed by atoms with E-state index >= 15 is 0 Å². The van der Waals surface area contributed by atoms with E-state index in [2.05, 4.69) is 10.6 Å². The zero-order valence-electron chi connectivity index (χ0n) is 9.02. The molecule has 2 N–H and O–H groups in total. The molecular formula is C11H14Cl2N2O. The minimum atomic E-state index is -0.0561. The zero-order valence-corrected chi connectivity index (χ0v) is 10.5. The third-order valence-corrected chi connectivity index (χ3v) is 2.88. The quantitative estimate of drug-likeness (QED) is 0.800. The molecule has 0 saturated carbocycles. The van der Waals surface area contributed by atoms with Crippen LogP contribution < -0.4 is 10.6 Å². The Morgan fingerprint density at radius 1 is 1.38 bits per heavy atom. The van der Waals surface area contributed by atoms with Crippen molar-refractivity contribution in [3.05, 3.63) is 28.2 Å². The first-order valence-electron chi connectivity index (χ1n) is 5.03. The number of nitrogens with one attached hydrogen (secondary N) is 2. The number of anilines is 1. The van der Waals surface area contributed by atoms with Crippen LogP contribution in [0, 0.1) is 0 Å². The highest BCUT2D eigenvalue weighted by molar-refractivity contribution is 6.43. The van der Waals surface area contributed by atoms with E-state index in [1.54, 1.807) is 18.2 Å². The van der Waals surface area contributed by atoms with Crippen LogP contribution in [0.2, 0.25) is 10.0 Å². The van der Waals surface area contributed by atoms with Crippen molar-refractivity contribution in [2.75, 3.05) is 18.9 Å². The van der Waals surface area contributed by atoms with Gasteiger partial charge in [0.15, 0.2) is 0 Å². The fourth-order valence-corrected chi connectivity index (χ4v) is 1.59. The van der Waals surface area contributed by atoms with Crippen LogP contribution >= 0.6 is 23.2 Å². The Morgan fingerprint density at radius 3 is 2.81 bits per heavy atom. The topological polar surface area (TPSA) is 41.1 Å². The second-order valence-electron chi connectivity index (χ2n) is 3.36. The average Bonchev–Trinajstić information content (AvgIpc) is 2.25. The molecule has 1 amide bonds. The van der Waals surface area contributed by atoms with Crippen molar-refractivity contribution < 1.29 is 4.79 Å². The lowest BCUT2D eigenvalue weighted by atomic mass is 10.2. The summed E-state index contributed by atoms with van der Waals surface area (Å²) in [5, 5.41) is 6.53. The fourth-order valence-electron chi connectivity index (χ4n) is 1.24. The van der Waals surface area contributed by atoms with E-state index in [1.807, 2.05) is 7.05 Å². The summed E-state index contributed by atoms with van der Waals surface area (Å²) >= 11 is 11.8. The smallest absolute Gasteiger partial charge is 0.224 e. The molecule has 0 radical (unpaired) electrons. The lowest BCUT2D eigenvalue weighted by molar-refractivity contribution is -0.116. The number of halogens is 2. The standard InChI is InChI=1S/C11H14Cl2N2O/c1-14-7-3-6-10(16)15-9-5-2-4-8(12)11(9)13/h2,4-5,14H,3,6-7H2,1H3,(H,15,16). The number of hydrogen-bond donors (Lipinski definition) is 2. The molecule has 0 bridgehead atoms. The van der Waals surface area contributed by atoms with E-state index in [4.69, 9.17) is 23.2 Å². The number of hydrogen-bond acceptors (Lipinski definition) is 2. The Morgan fingerprint density at radius 2 is 2.12 bits per heavy atom. The van der Waals surface area contributed by atoms with E-state index in [-0.39, 0.29) is 5.91 Å². The summed E-state index contributed by atoms with van der Waals surface area (Å²) in [4.78, 5) is 11.5. The van der Waals surface area contributed by atoms with Gasteiger partial charge in [0, 0.05) is 6.42 Å². The summed E-state index contributed by atoms with van der Waals surface area (Å²) < 4.78 is 0. The van der Waals surface area contributed by atoms with Crippen LogP contribution in [-0.2, 0) is 4.79 Å². The Bertz CT molecular complexity index is 369. The van der Waals surface area contributed by atoms with Crippen LogP contribution in [0.15, 0.2) is 18.2 Å². The van der Waals surface area contributed by atoms with Gasteiger partial charge in [-0.1, -0.05) is 29.3 Å². The molecule has 0 fully saturated rings. The second-order valence-corrected chi connectivity index (χ2v) is 4.14. The molecule has 0 aromatic heterocycles. The molecule has 1 aromatic carbocycles. The van der Waals surface area contributed by atoms with E-state index in [1.165, 1.54) is 0 Å². The molecule has 0 atom stereocenters. The van der Waals surface area contributed by atoms with Gasteiger partial charge in [0.1, 0.15) is 0 Å². The first kappa shape index (κ1) is 13.3. The monoisotopic (exact) mass is 260 g/mol. The van der Waals surface area contributed by atoms with Gasteiger partial charge in [-0.3, -0.25) is 4.79 Å². The Balaban J connectivity index is 2.53. The Kier molecular flexibility index (Phi) is 5.60. The maximum atomic E-state index is 11.5. The van der Waals surface area contributed by atoms with Crippen LogP contribution in [0.5, 0.6) is 0 Å². The SMILES string of the molecule is CNCCCC(=O)Nc1cccc(Cl)c1Cl. The molecule has 0 heterocycles. The maximum absolute atomic E-state index is 11.5. The van der Waals surface area contributed by atoms with E-state index in [0.717, 1.165) is 13.0 Å². The van der Waals surface area contributed by atoms with Crippen molar-refractivity contribution in [3.8, 4) is 0 Å². The van der Waals surface area contributed by atoms with E-state index < -0.39 is 0 Å². The van der Waals surface area contributed by atoms with Crippen molar-refractivity contribution in [3.63, 3.8) is 0 Å². The minimum Gasteiger partial charge on any atom is -0.325 e. The molecule has 0 unspecified atom stereocenters. The van der Waals surface area contributed by atoms with Crippen LogP contribution in [0.4, 0.5) is 5.69 Å². The molecule has 0 spiro atoms. The highest BCUT2D eigenvalue weighted by Gasteiger charge is 2.07. The van der Waals surface area contributed by atoms with E-state index in [0.29, 0.717) is 22.2 Å². The molecule has 0 saturated heterocycles. The number of rotatable bonds is 5. The number of carbonyl (C=O) groups excluding carboxylic acids is 1. The summed E-state index contributed by atoms with van der Waals surface area (Å²) in [6.45, 7) is 0.816. The van der Waals surface area contributed by atoms with Gasteiger partial charge in [0.2, 0.25) is 5.91 Å². The summed E-state index contributed by atoms with van der Waals surface area (Å²) in [5.74, 6) is -0.0561. The first-order chi connectivity index (χ1) is 7.65. The van der Waals surface area contributed by atoms with Gasteiger partial charge in [0.25, 0.3) is 0 Å². The molecule has 0 aliphatic carbocycles. The van der Waals surface area contributed by atoms with Gasteiger partial charge in [-0.05, 0) is 32.1 Å². The summed E-state index contributed by atoms with van der Waals surface area (Å²) in [5.41, 5.74) is 0.559. The van der Waals surface area contributed by atoms with Gasteiger partial charge < -0.3 is 10.6 Å². The van der Waals surface area contributed by atoms with Crippen molar-refractivity contribution in [2.45, 2.75) is 12.8 Å². The third kappa shape index (κ3) is 4.00. The van der Waals surface area contributed by atoms with Crippen LogP contribution in [0.25, 0.3) is 0 Å². The lowest BCUT2D eigenvalue weighted by Crippen LogP contribution is -2.15. The lowest BCUT2D eigenvalue weighted by Gasteiger charge is -2.07. The van der Waals surface area contributed by atoms with Gasteiger partial charge in [-0.25, -0.2) is 0 Å². The van der Waals surface area contributed by atoms with Crippen molar-refractivity contribution >= 4 is 34.8 Å². The maximum Gasteiger partial charge on any atom is 0.224 e. The fraction of sp³-hybridized carbons (Fsp3) is 0.364.